The fourth-order valence-electron chi connectivity index (χ4n) is 1.32. The summed E-state index contributed by atoms with van der Waals surface area (Å²) in [6, 6.07) is 10.1. The molecule has 0 amide bonds. The summed E-state index contributed by atoms with van der Waals surface area (Å²) in [6.07, 6.45) is 2.11. The molecule has 1 saturated heterocycles. The number of carbonyl (C=O) groups is 1. The monoisotopic (exact) mass is 276 g/mol. The molecule has 1 N–H and O–H groups in total. The van der Waals surface area contributed by atoms with Gasteiger partial charge in [0.15, 0.2) is 0 Å². The van der Waals surface area contributed by atoms with Crippen molar-refractivity contribution in [1.29, 1.82) is 0 Å². The number of carboxylic acids is 1. The van der Waals surface area contributed by atoms with Crippen molar-refractivity contribution in [1.82, 2.24) is 0 Å². The summed E-state index contributed by atoms with van der Waals surface area (Å²) in [5.74, 6) is -0.935. The lowest BCUT2D eigenvalue weighted by atomic mass is 10.1. The lowest BCUT2D eigenvalue weighted by Crippen LogP contribution is -2.06. The van der Waals surface area contributed by atoms with Gasteiger partial charge in [-0.05, 0) is 12.5 Å². The van der Waals surface area contributed by atoms with Crippen LogP contribution in [0.3, 0.4) is 0 Å². The maximum atomic E-state index is 9.60. The number of aliphatic carboxylic acids is 1. The Hall–Kier alpha value is -1.91. The van der Waals surface area contributed by atoms with Gasteiger partial charge in [0.2, 0.25) is 0 Å². The minimum atomic E-state index is -0.935. The second-order valence-electron chi connectivity index (χ2n) is 4.44. The predicted molar refractivity (Wildman–Crippen MR) is 77.5 cm³/mol. The molecule has 2 rings (SSSR count). The summed E-state index contributed by atoms with van der Waals surface area (Å²) in [5.41, 5.74) is 1.32. The molecule has 1 aliphatic rings. The first-order valence-electron chi connectivity index (χ1n) is 6.34. The van der Waals surface area contributed by atoms with E-state index in [-0.39, 0.29) is 11.7 Å². The van der Waals surface area contributed by atoms with Crippen LogP contribution < -0.4 is 0 Å². The second-order valence-corrected chi connectivity index (χ2v) is 4.44. The Bertz CT molecular complexity index is 437. The highest BCUT2D eigenvalue weighted by atomic mass is 16.6. The number of epoxide rings is 1. The van der Waals surface area contributed by atoms with E-state index in [1.54, 1.807) is 0 Å². The molecule has 0 spiro atoms. The molecular weight excluding hydrogens is 256 g/mol. The zero-order chi connectivity index (χ0) is 15.0. The summed E-state index contributed by atoms with van der Waals surface area (Å²) >= 11 is 0. The average Bonchev–Trinajstić information content (AvgIpc) is 3.25. The second kappa shape index (κ2) is 8.30. The number of rotatable bonds is 6. The molecule has 0 bridgehead atoms. The largest absolute Gasteiger partial charge is 0.478 e. The van der Waals surface area contributed by atoms with Crippen LogP contribution in [0.4, 0.5) is 0 Å². The number of hydrogen-bond donors (Lipinski definition) is 1. The van der Waals surface area contributed by atoms with Crippen LogP contribution in [0.2, 0.25) is 0 Å². The fourth-order valence-corrected chi connectivity index (χ4v) is 1.32. The minimum absolute atomic E-state index is 0.0135. The molecule has 0 radical (unpaired) electrons. The van der Waals surface area contributed by atoms with Crippen LogP contribution in [0.5, 0.6) is 0 Å². The number of benzene rings is 1. The Balaban J connectivity index is 0.000000286. The highest BCUT2D eigenvalue weighted by Gasteiger charge is 2.23. The summed E-state index contributed by atoms with van der Waals surface area (Å²) < 4.78 is 10.7. The normalized spacial score (nSPS) is 17.4. The molecule has 108 valence electrons. The van der Waals surface area contributed by atoms with E-state index < -0.39 is 5.97 Å². The number of ether oxygens (including phenoxy) is 2. The van der Waals surface area contributed by atoms with Crippen LogP contribution in [0.1, 0.15) is 18.6 Å². The standard InChI is InChI=1S/C12H14O2.C4H6O2/c1-2-12(14-9-11-8-13-11)10-6-4-3-5-7-10;1-3(2)4(5)6/h2-7,11-12H,1,8-9H2;1H2,2H3,(H,5,6). The smallest absolute Gasteiger partial charge is 0.330 e. The van der Waals surface area contributed by atoms with Crippen LogP contribution >= 0.6 is 0 Å². The zero-order valence-corrected chi connectivity index (χ0v) is 11.6. The van der Waals surface area contributed by atoms with Crippen molar-refractivity contribution in [3.63, 3.8) is 0 Å². The molecule has 4 heteroatoms. The van der Waals surface area contributed by atoms with Crippen molar-refractivity contribution in [3.05, 3.63) is 60.7 Å². The first kappa shape index (κ1) is 16.1. The maximum absolute atomic E-state index is 9.60. The van der Waals surface area contributed by atoms with Crippen molar-refractivity contribution in [3.8, 4) is 0 Å². The van der Waals surface area contributed by atoms with E-state index in [1.807, 2.05) is 36.4 Å². The van der Waals surface area contributed by atoms with Gasteiger partial charge in [0.25, 0.3) is 0 Å². The predicted octanol–water partition coefficient (Wildman–Crippen LogP) is 2.98. The van der Waals surface area contributed by atoms with Crippen molar-refractivity contribution in [2.45, 2.75) is 19.1 Å². The van der Waals surface area contributed by atoms with Gasteiger partial charge in [-0.3, -0.25) is 0 Å². The van der Waals surface area contributed by atoms with E-state index >= 15 is 0 Å². The topological polar surface area (TPSA) is 59.1 Å². The maximum Gasteiger partial charge on any atom is 0.330 e. The Morgan fingerprint density at radius 3 is 2.50 bits per heavy atom. The molecule has 1 aliphatic heterocycles. The van der Waals surface area contributed by atoms with Gasteiger partial charge in [0.1, 0.15) is 12.2 Å². The van der Waals surface area contributed by atoms with Gasteiger partial charge >= 0.3 is 5.97 Å². The van der Waals surface area contributed by atoms with Crippen LogP contribution in [-0.4, -0.2) is 30.4 Å². The Morgan fingerprint density at radius 1 is 1.55 bits per heavy atom. The fraction of sp³-hybridized carbons (Fsp3) is 0.312. The molecule has 2 atom stereocenters. The van der Waals surface area contributed by atoms with Crippen molar-refractivity contribution >= 4 is 5.97 Å². The van der Waals surface area contributed by atoms with E-state index in [1.165, 1.54) is 6.92 Å². The van der Waals surface area contributed by atoms with Gasteiger partial charge in [0, 0.05) is 5.57 Å². The highest BCUT2D eigenvalue weighted by molar-refractivity contribution is 5.84. The molecule has 1 aromatic rings. The molecule has 0 saturated carbocycles. The third-order valence-electron chi connectivity index (χ3n) is 2.57. The lowest BCUT2D eigenvalue weighted by molar-refractivity contribution is -0.132. The van der Waals surface area contributed by atoms with E-state index in [0.29, 0.717) is 12.7 Å². The van der Waals surface area contributed by atoms with Crippen LogP contribution in [0.15, 0.2) is 55.1 Å². The van der Waals surface area contributed by atoms with Crippen molar-refractivity contribution in [2.75, 3.05) is 13.2 Å². The van der Waals surface area contributed by atoms with Crippen LogP contribution in [-0.2, 0) is 14.3 Å². The van der Waals surface area contributed by atoms with Gasteiger partial charge in [-0.15, -0.1) is 6.58 Å². The average molecular weight is 276 g/mol. The molecule has 1 heterocycles. The van der Waals surface area contributed by atoms with Crippen molar-refractivity contribution in [2.24, 2.45) is 0 Å². The van der Waals surface area contributed by atoms with E-state index in [2.05, 4.69) is 13.2 Å². The number of hydrogen-bond acceptors (Lipinski definition) is 3. The molecule has 20 heavy (non-hydrogen) atoms. The highest BCUT2D eigenvalue weighted by Crippen LogP contribution is 2.20. The van der Waals surface area contributed by atoms with E-state index in [9.17, 15) is 4.79 Å². The third-order valence-corrected chi connectivity index (χ3v) is 2.57. The Morgan fingerprint density at radius 2 is 2.10 bits per heavy atom. The molecular formula is C16H20O4. The van der Waals surface area contributed by atoms with Crippen LogP contribution in [0.25, 0.3) is 0 Å². The van der Waals surface area contributed by atoms with Gasteiger partial charge < -0.3 is 14.6 Å². The SMILES string of the molecule is C=C(C)C(=O)O.C=CC(OCC1CO1)c1ccccc1. The molecule has 4 nitrogen and oxygen atoms in total. The quantitative estimate of drug-likeness (QED) is 0.493. The summed E-state index contributed by atoms with van der Waals surface area (Å²) in [5, 5.41) is 7.89. The van der Waals surface area contributed by atoms with E-state index in [4.69, 9.17) is 14.6 Å². The summed E-state index contributed by atoms with van der Waals surface area (Å²) in [6.45, 7) is 9.86. The third kappa shape index (κ3) is 6.31. The summed E-state index contributed by atoms with van der Waals surface area (Å²) in [7, 11) is 0. The lowest BCUT2D eigenvalue weighted by Gasteiger charge is -2.13. The zero-order valence-electron chi connectivity index (χ0n) is 11.6. The molecule has 1 aromatic carbocycles. The first-order valence-corrected chi connectivity index (χ1v) is 6.34. The molecule has 0 aliphatic carbocycles. The van der Waals surface area contributed by atoms with Gasteiger partial charge in [-0.25, -0.2) is 4.79 Å². The summed E-state index contributed by atoms with van der Waals surface area (Å²) in [4.78, 5) is 9.60. The first-order chi connectivity index (χ1) is 9.54. The molecule has 1 fully saturated rings. The van der Waals surface area contributed by atoms with Crippen LogP contribution in [0, 0.1) is 0 Å². The number of carboxylic acid groups (broad SMARTS) is 1. The van der Waals surface area contributed by atoms with Crippen molar-refractivity contribution < 1.29 is 19.4 Å². The van der Waals surface area contributed by atoms with Gasteiger partial charge in [0.05, 0.1) is 13.2 Å². The minimum Gasteiger partial charge on any atom is -0.478 e. The molecule has 2 unspecified atom stereocenters. The Kier molecular flexibility index (Phi) is 6.70. The van der Waals surface area contributed by atoms with Gasteiger partial charge in [-0.1, -0.05) is 43.0 Å². The van der Waals surface area contributed by atoms with E-state index in [0.717, 1.165) is 12.2 Å². The Labute approximate surface area is 119 Å². The van der Waals surface area contributed by atoms with Gasteiger partial charge in [-0.2, -0.15) is 0 Å². The molecule has 0 aromatic heterocycles.